The molecule has 0 spiro atoms. The molecule has 0 fully saturated rings. The molecule has 4 heteroatoms. The Kier molecular flexibility index (Phi) is 4.95. The van der Waals surface area contributed by atoms with Crippen LogP contribution in [-0.4, -0.2) is 25.7 Å². The molecule has 0 aromatic heterocycles. The van der Waals surface area contributed by atoms with Crippen LogP contribution in [-0.2, 0) is 9.53 Å². The first-order chi connectivity index (χ1) is 7.65. The Labute approximate surface area is 95.8 Å². The van der Waals surface area contributed by atoms with Crippen molar-refractivity contribution in [2.24, 2.45) is 5.73 Å². The van der Waals surface area contributed by atoms with Crippen LogP contribution in [0.3, 0.4) is 0 Å². The SMILES string of the molecule is COCC(C)NC(=O)[C@H](N)c1ccccc1. The fourth-order valence-corrected chi connectivity index (χ4v) is 1.44. The molecule has 1 unspecified atom stereocenters. The van der Waals surface area contributed by atoms with Crippen LogP contribution in [0.25, 0.3) is 0 Å². The van der Waals surface area contributed by atoms with Gasteiger partial charge in [0.1, 0.15) is 6.04 Å². The standard InChI is InChI=1S/C12H18N2O2/c1-9(8-16-2)14-12(15)11(13)10-6-4-3-5-7-10/h3-7,9,11H,8,13H2,1-2H3,(H,14,15)/t9?,11-/m1/s1. The van der Waals surface area contributed by atoms with E-state index >= 15 is 0 Å². The summed E-state index contributed by atoms with van der Waals surface area (Å²) in [4.78, 5) is 11.7. The van der Waals surface area contributed by atoms with E-state index in [1.165, 1.54) is 0 Å². The third kappa shape index (κ3) is 3.64. The van der Waals surface area contributed by atoms with Gasteiger partial charge in [0.05, 0.1) is 6.61 Å². The summed E-state index contributed by atoms with van der Waals surface area (Å²) in [6, 6.07) is 8.63. The molecule has 0 bridgehead atoms. The van der Waals surface area contributed by atoms with Crippen molar-refractivity contribution in [1.82, 2.24) is 5.32 Å². The van der Waals surface area contributed by atoms with Gasteiger partial charge in [-0.3, -0.25) is 4.79 Å². The zero-order chi connectivity index (χ0) is 12.0. The van der Waals surface area contributed by atoms with Gasteiger partial charge in [-0.25, -0.2) is 0 Å². The van der Waals surface area contributed by atoms with Gasteiger partial charge in [-0.2, -0.15) is 0 Å². The van der Waals surface area contributed by atoms with Crippen molar-refractivity contribution in [2.75, 3.05) is 13.7 Å². The van der Waals surface area contributed by atoms with Crippen molar-refractivity contribution in [3.63, 3.8) is 0 Å². The summed E-state index contributed by atoms with van der Waals surface area (Å²) in [5.74, 6) is -0.184. The molecule has 0 aliphatic rings. The molecule has 4 nitrogen and oxygen atoms in total. The number of ether oxygens (including phenoxy) is 1. The first-order valence-electron chi connectivity index (χ1n) is 5.25. The molecular weight excluding hydrogens is 204 g/mol. The summed E-state index contributed by atoms with van der Waals surface area (Å²) >= 11 is 0. The molecule has 0 aliphatic carbocycles. The Morgan fingerprint density at radius 2 is 2.06 bits per heavy atom. The molecule has 16 heavy (non-hydrogen) atoms. The van der Waals surface area contributed by atoms with Crippen molar-refractivity contribution in [3.05, 3.63) is 35.9 Å². The molecular formula is C12H18N2O2. The second-order valence-corrected chi connectivity index (χ2v) is 3.75. The van der Waals surface area contributed by atoms with Crippen LogP contribution < -0.4 is 11.1 Å². The van der Waals surface area contributed by atoms with Gasteiger partial charge in [0.2, 0.25) is 5.91 Å². The minimum absolute atomic E-state index is 0.0349. The fraction of sp³-hybridized carbons (Fsp3) is 0.417. The van der Waals surface area contributed by atoms with Gasteiger partial charge in [-0.15, -0.1) is 0 Å². The minimum atomic E-state index is -0.625. The number of amides is 1. The highest BCUT2D eigenvalue weighted by molar-refractivity contribution is 5.83. The van der Waals surface area contributed by atoms with Gasteiger partial charge in [0.15, 0.2) is 0 Å². The summed E-state index contributed by atoms with van der Waals surface area (Å²) in [6.45, 7) is 2.35. The predicted octanol–water partition coefficient (Wildman–Crippen LogP) is 0.838. The highest BCUT2D eigenvalue weighted by Gasteiger charge is 2.16. The molecule has 0 radical (unpaired) electrons. The first-order valence-corrected chi connectivity index (χ1v) is 5.25. The smallest absolute Gasteiger partial charge is 0.241 e. The number of nitrogens with two attached hydrogens (primary N) is 1. The number of carbonyl (C=O) groups excluding carboxylic acids is 1. The third-order valence-corrected chi connectivity index (χ3v) is 2.25. The predicted molar refractivity (Wildman–Crippen MR) is 62.9 cm³/mol. The van der Waals surface area contributed by atoms with E-state index in [9.17, 15) is 4.79 Å². The molecule has 88 valence electrons. The lowest BCUT2D eigenvalue weighted by atomic mass is 10.1. The average Bonchev–Trinajstić information content (AvgIpc) is 2.29. The number of nitrogens with one attached hydrogen (secondary N) is 1. The van der Waals surface area contributed by atoms with Crippen LogP contribution in [0.4, 0.5) is 0 Å². The van der Waals surface area contributed by atoms with Crippen LogP contribution >= 0.6 is 0 Å². The third-order valence-electron chi connectivity index (χ3n) is 2.25. The van der Waals surface area contributed by atoms with E-state index in [4.69, 9.17) is 10.5 Å². The van der Waals surface area contributed by atoms with Crippen molar-refractivity contribution < 1.29 is 9.53 Å². The lowest BCUT2D eigenvalue weighted by Gasteiger charge is -2.17. The van der Waals surface area contributed by atoms with Crippen LogP contribution in [0, 0.1) is 0 Å². The maximum Gasteiger partial charge on any atom is 0.241 e. The van der Waals surface area contributed by atoms with Crippen molar-refractivity contribution >= 4 is 5.91 Å². The van der Waals surface area contributed by atoms with Crippen LogP contribution in [0.2, 0.25) is 0 Å². The molecule has 0 saturated carbocycles. The zero-order valence-corrected chi connectivity index (χ0v) is 9.64. The molecule has 0 aliphatic heterocycles. The maximum atomic E-state index is 11.7. The topological polar surface area (TPSA) is 64.3 Å². The summed E-state index contributed by atoms with van der Waals surface area (Å²) in [5.41, 5.74) is 6.64. The average molecular weight is 222 g/mol. The lowest BCUT2D eigenvalue weighted by molar-refractivity contribution is -0.123. The van der Waals surface area contributed by atoms with E-state index in [0.29, 0.717) is 6.61 Å². The number of hydrogen-bond acceptors (Lipinski definition) is 3. The van der Waals surface area contributed by atoms with Gasteiger partial charge < -0.3 is 15.8 Å². The number of methoxy groups -OCH3 is 1. The Morgan fingerprint density at radius 1 is 1.44 bits per heavy atom. The fourth-order valence-electron chi connectivity index (χ4n) is 1.44. The molecule has 1 aromatic carbocycles. The van der Waals surface area contributed by atoms with E-state index in [0.717, 1.165) is 5.56 Å². The molecule has 1 aromatic rings. The van der Waals surface area contributed by atoms with Crippen molar-refractivity contribution in [1.29, 1.82) is 0 Å². The molecule has 1 amide bonds. The quantitative estimate of drug-likeness (QED) is 0.776. The monoisotopic (exact) mass is 222 g/mol. The first kappa shape index (κ1) is 12.7. The highest BCUT2D eigenvalue weighted by Crippen LogP contribution is 2.09. The molecule has 1 rings (SSSR count). The lowest BCUT2D eigenvalue weighted by Crippen LogP contribution is -2.41. The molecule has 3 N–H and O–H groups in total. The van der Waals surface area contributed by atoms with Gasteiger partial charge in [-0.05, 0) is 12.5 Å². The number of benzene rings is 1. The van der Waals surface area contributed by atoms with Gasteiger partial charge >= 0.3 is 0 Å². The van der Waals surface area contributed by atoms with Crippen molar-refractivity contribution in [3.8, 4) is 0 Å². The van der Waals surface area contributed by atoms with E-state index in [2.05, 4.69) is 5.32 Å². The maximum absolute atomic E-state index is 11.7. The van der Waals surface area contributed by atoms with E-state index < -0.39 is 6.04 Å². The number of carbonyl (C=O) groups is 1. The minimum Gasteiger partial charge on any atom is -0.383 e. The Balaban J connectivity index is 2.55. The second kappa shape index (κ2) is 6.25. The summed E-state index contributed by atoms with van der Waals surface area (Å²) in [5, 5.41) is 2.79. The normalized spacial score (nSPS) is 14.2. The van der Waals surface area contributed by atoms with Gasteiger partial charge in [0.25, 0.3) is 0 Å². The van der Waals surface area contributed by atoms with Crippen LogP contribution in [0.5, 0.6) is 0 Å². The Hall–Kier alpha value is -1.39. The Morgan fingerprint density at radius 3 is 2.62 bits per heavy atom. The summed E-state index contributed by atoms with van der Waals surface area (Å²) in [6.07, 6.45) is 0. The second-order valence-electron chi connectivity index (χ2n) is 3.75. The summed E-state index contributed by atoms with van der Waals surface area (Å²) < 4.78 is 4.93. The van der Waals surface area contributed by atoms with E-state index in [1.807, 2.05) is 37.3 Å². The molecule has 0 saturated heterocycles. The van der Waals surface area contributed by atoms with Crippen LogP contribution in [0.1, 0.15) is 18.5 Å². The highest BCUT2D eigenvalue weighted by atomic mass is 16.5. The molecule has 2 atom stereocenters. The van der Waals surface area contributed by atoms with Gasteiger partial charge in [0, 0.05) is 13.2 Å². The largest absolute Gasteiger partial charge is 0.383 e. The van der Waals surface area contributed by atoms with E-state index in [1.54, 1.807) is 7.11 Å². The Bertz CT molecular complexity index is 327. The van der Waals surface area contributed by atoms with Gasteiger partial charge in [-0.1, -0.05) is 30.3 Å². The zero-order valence-electron chi connectivity index (χ0n) is 9.64. The van der Waals surface area contributed by atoms with Crippen LogP contribution in [0.15, 0.2) is 30.3 Å². The number of hydrogen-bond donors (Lipinski definition) is 2. The van der Waals surface area contributed by atoms with E-state index in [-0.39, 0.29) is 11.9 Å². The number of rotatable bonds is 5. The van der Waals surface area contributed by atoms with Crippen molar-refractivity contribution in [2.45, 2.75) is 19.0 Å². The molecule has 0 heterocycles. The summed E-state index contributed by atoms with van der Waals surface area (Å²) in [7, 11) is 1.60.